The average Bonchev–Trinajstić information content (AvgIpc) is 2.84. The van der Waals surface area contributed by atoms with E-state index < -0.39 is 11.9 Å². The molecule has 0 aromatic rings. The third-order valence-corrected chi connectivity index (χ3v) is 6.85. The fourth-order valence-corrected chi connectivity index (χ4v) is 5.76. The van der Waals surface area contributed by atoms with Crippen molar-refractivity contribution in [2.45, 2.75) is 38.4 Å². The summed E-state index contributed by atoms with van der Waals surface area (Å²) in [6.07, 6.45) is 7.37. The van der Waals surface area contributed by atoms with Crippen LogP contribution in [0.5, 0.6) is 0 Å². The Morgan fingerprint density at radius 2 is 2.22 bits per heavy atom. The topological polar surface area (TPSA) is 57.5 Å². The highest BCUT2D eigenvalue weighted by Crippen LogP contribution is 2.56. The van der Waals surface area contributed by atoms with E-state index in [0.29, 0.717) is 0 Å². The molecule has 0 amide bonds. The standard InChI is InChI=1S/C18H23FO3S/c1-18(2)6-5-14-13(8-18)15(17(21)22)16(23-14)12-4-3-11(19)7-10(12)9-20/h3-4,7,10,12,15-16,20H,5-6,8-9H2,1-2H3,(H,21,22). The van der Waals surface area contributed by atoms with Crippen molar-refractivity contribution in [2.24, 2.45) is 23.2 Å². The third kappa shape index (κ3) is 3.13. The van der Waals surface area contributed by atoms with Gasteiger partial charge in [0.15, 0.2) is 0 Å². The lowest BCUT2D eigenvalue weighted by Crippen LogP contribution is -2.35. The van der Waals surface area contributed by atoms with Gasteiger partial charge in [-0.05, 0) is 53.2 Å². The number of hydrogen-bond donors (Lipinski definition) is 2. The Bertz CT molecular complexity index is 605. The lowest BCUT2D eigenvalue weighted by Gasteiger charge is -2.33. The van der Waals surface area contributed by atoms with Crippen molar-refractivity contribution < 1.29 is 19.4 Å². The van der Waals surface area contributed by atoms with E-state index in [-0.39, 0.29) is 34.9 Å². The molecule has 2 aliphatic carbocycles. The average molecular weight is 338 g/mol. The van der Waals surface area contributed by atoms with Crippen molar-refractivity contribution in [1.82, 2.24) is 0 Å². The van der Waals surface area contributed by atoms with Gasteiger partial charge in [0.05, 0.1) is 12.5 Å². The molecule has 0 radical (unpaired) electrons. The first-order chi connectivity index (χ1) is 10.8. The van der Waals surface area contributed by atoms with E-state index in [4.69, 9.17) is 0 Å². The van der Waals surface area contributed by atoms with E-state index in [0.717, 1.165) is 24.8 Å². The number of allylic oxidation sites excluding steroid dienone is 4. The second-order valence-corrected chi connectivity index (χ2v) is 8.80. The van der Waals surface area contributed by atoms with Gasteiger partial charge in [-0.2, -0.15) is 0 Å². The smallest absolute Gasteiger partial charge is 0.311 e. The Balaban J connectivity index is 1.90. The quantitative estimate of drug-likeness (QED) is 0.819. The maximum absolute atomic E-state index is 13.5. The maximum atomic E-state index is 13.5. The monoisotopic (exact) mass is 338 g/mol. The number of rotatable bonds is 3. The lowest BCUT2D eigenvalue weighted by molar-refractivity contribution is -0.140. The molecule has 1 aliphatic heterocycles. The summed E-state index contributed by atoms with van der Waals surface area (Å²) in [5, 5.41) is 19.2. The molecule has 0 saturated carbocycles. The van der Waals surface area contributed by atoms with E-state index >= 15 is 0 Å². The molecule has 3 nitrogen and oxygen atoms in total. The molecule has 0 bridgehead atoms. The van der Waals surface area contributed by atoms with Crippen LogP contribution in [0.15, 0.2) is 34.5 Å². The van der Waals surface area contributed by atoms with Gasteiger partial charge in [0.1, 0.15) is 5.83 Å². The molecule has 3 aliphatic rings. The highest BCUT2D eigenvalue weighted by atomic mass is 32.2. The summed E-state index contributed by atoms with van der Waals surface area (Å²) in [6.45, 7) is 4.20. The molecule has 4 unspecified atom stereocenters. The Labute approximate surface area is 140 Å². The number of halogens is 1. The highest BCUT2D eigenvalue weighted by molar-refractivity contribution is 8.04. The third-order valence-electron chi connectivity index (χ3n) is 5.24. The number of aliphatic carboxylic acids is 1. The van der Waals surface area contributed by atoms with Gasteiger partial charge >= 0.3 is 5.97 Å². The molecule has 0 aromatic carbocycles. The minimum absolute atomic E-state index is 0.132. The molecule has 0 saturated heterocycles. The first kappa shape index (κ1) is 16.8. The normalized spacial score (nSPS) is 35.9. The molecule has 1 heterocycles. The summed E-state index contributed by atoms with van der Waals surface area (Å²) >= 11 is 1.64. The minimum atomic E-state index is -0.801. The Hall–Kier alpha value is -1.07. The van der Waals surface area contributed by atoms with Crippen molar-refractivity contribution in [3.05, 3.63) is 34.5 Å². The van der Waals surface area contributed by atoms with E-state index in [9.17, 15) is 19.4 Å². The molecule has 0 aromatic heterocycles. The summed E-state index contributed by atoms with van der Waals surface area (Å²) in [7, 11) is 0. The molecule has 0 fully saturated rings. The van der Waals surface area contributed by atoms with Gasteiger partial charge in [-0.1, -0.05) is 19.9 Å². The first-order valence-corrected chi connectivity index (χ1v) is 8.98. The van der Waals surface area contributed by atoms with Crippen molar-refractivity contribution in [3.63, 3.8) is 0 Å². The maximum Gasteiger partial charge on any atom is 0.311 e. The summed E-state index contributed by atoms with van der Waals surface area (Å²) in [4.78, 5) is 13.2. The zero-order chi connectivity index (χ0) is 16.8. The molecule has 5 heteroatoms. The van der Waals surface area contributed by atoms with E-state index in [1.54, 1.807) is 17.8 Å². The summed E-state index contributed by atoms with van der Waals surface area (Å²) in [5.74, 6) is -2.19. The van der Waals surface area contributed by atoms with Gasteiger partial charge < -0.3 is 10.2 Å². The van der Waals surface area contributed by atoms with Crippen LogP contribution >= 0.6 is 11.8 Å². The van der Waals surface area contributed by atoms with Crippen molar-refractivity contribution in [2.75, 3.05) is 6.61 Å². The van der Waals surface area contributed by atoms with Crippen molar-refractivity contribution >= 4 is 17.7 Å². The van der Waals surface area contributed by atoms with Crippen LogP contribution in [0, 0.1) is 23.2 Å². The molecule has 4 atom stereocenters. The van der Waals surface area contributed by atoms with Crippen LogP contribution in [0.3, 0.4) is 0 Å². The zero-order valence-corrected chi connectivity index (χ0v) is 14.3. The molecule has 3 rings (SSSR count). The van der Waals surface area contributed by atoms with E-state index in [1.165, 1.54) is 17.1 Å². The number of carbonyl (C=O) groups is 1. The largest absolute Gasteiger partial charge is 0.481 e. The van der Waals surface area contributed by atoms with Gasteiger partial charge in [-0.15, -0.1) is 11.8 Å². The molecular formula is C18H23FO3S. The second kappa shape index (κ2) is 6.10. The van der Waals surface area contributed by atoms with E-state index in [1.807, 2.05) is 0 Å². The van der Waals surface area contributed by atoms with Gasteiger partial charge in [0, 0.05) is 11.2 Å². The van der Waals surface area contributed by atoms with Gasteiger partial charge in [-0.3, -0.25) is 4.79 Å². The van der Waals surface area contributed by atoms with Crippen LogP contribution in [-0.4, -0.2) is 28.0 Å². The molecule has 0 spiro atoms. The van der Waals surface area contributed by atoms with Crippen LogP contribution in [0.2, 0.25) is 0 Å². The molecule has 2 N–H and O–H groups in total. The van der Waals surface area contributed by atoms with Gasteiger partial charge in [0.2, 0.25) is 0 Å². The minimum Gasteiger partial charge on any atom is -0.481 e. The lowest BCUT2D eigenvalue weighted by atomic mass is 9.71. The van der Waals surface area contributed by atoms with Crippen LogP contribution in [0.25, 0.3) is 0 Å². The SMILES string of the molecule is CC1(C)CCC2=C(C1)C(C(=O)O)C(C1C=CC(F)=CC1CO)S2. The van der Waals surface area contributed by atoms with Crippen molar-refractivity contribution in [3.8, 4) is 0 Å². The molecule has 23 heavy (non-hydrogen) atoms. The number of carboxylic acid groups (broad SMARTS) is 1. The Morgan fingerprint density at radius 3 is 2.87 bits per heavy atom. The Morgan fingerprint density at radius 1 is 1.48 bits per heavy atom. The fourth-order valence-electron chi connectivity index (χ4n) is 4.00. The first-order valence-electron chi connectivity index (χ1n) is 8.10. The second-order valence-electron chi connectivity index (χ2n) is 7.52. The van der Waals surface area contributed by atoms with Crippen LogP contribution in [-0.2, 0) is 4.79 Å². The number of carboxylic acids is 1. The predicted molar refractivity (Wildman–Crippen MR) is 89.6 cm³/mol. The fraction of sp³-hybridized carbons (Fsp3) is 0.611. The molecule has 126 valence electrons. The molecular weight excluding hydrogens is 315 g/mol. The summed E-state index contributed by atoms with van der Waals surface area (Å²) in [6, 6.07) is 0. The number of hydrogen-bond acceptors (Lipinski definition) is 3. The number of thioether (sulfide) groups is 1. The number of aliphatic hydroxyl groups is 1. The summed E-state index contributed by atoms with van der Waals surface area (Å²) in [5.41, 5.74) is 1.19. The van der Waals surface area contributed by atoms with Crippen LogP contribution in [0.1, 0.15) is 33.1 Å². The zero-order valence-electron chi connectivity index (χ0n) is 13.5. The predicted octanol–water partition coefficient (Wildman–Crippen LogP) is 3.91. The number of aliphatic hydroxyl groups excluding tert-OH is 1. The van der Waals surface area contributed by atoms with Crippen molar-refractivity contribution in [1.29, 1.82) is 0 Å². The van der Waals surface area contributed by atoms with Crippen LogP contribution in [0.4, 0.5) is 4.39 Å². The van der Waals surface area contributed by atoms with Crippen LogP contribution < -0.4 is 0 Å². The van der Waals surface area contributed by atoms with Gasteiger partial charge in [-0.25, -0.2) is 4.39 Å². The highest BCUT2D eigenvalue weighted by Gasteiger charge is 2.48. The van der Waals surface area contributed by atoms with E-state index in [2.05, 4.69) is 13.8 Å². The Kier molecular flexibility index (Phi) is 4.45. The van der Waals surface area contributed by atoms with Gasteiger partial charge in [0.25, 0.3) is 0 Å². The summed E-state index contributed by atoms with van der Waals surface area (Å²) < 4.78 is 13.5.